The van der Waals surface area contributed by atoms with Crippen molar-refractivity contribution in [2.24, 2.45) is 0 Å². The second kappa shape index (κ2) is 11.0. The van der Waals surface area contributed by atoms with Crippen LogP contribution in [0.15, 0.2) is 176 Å². The molecular weight excluding hydrogens is 711 g/mol. The largest absolute Gasteiger partial charge is 0.458 e. The SMILES string of the molecule is CC1(C)c2cccc3c2B2c4c(cccc4Oc4cc(N5c6ccccc6[Si]6(c7ccccc7N(c7ccccc7)c7ccccc76)c6ccccc65)cc1c42)O3. The monoisotopic (exact) mass is 746 g/mol. The summed E-state index contributed by atoms with van der Waals surface area (Å²) in [7, 11) is -2.90. The Labute approximate surface area is 333 Å². The number of para-hydroxylation sites is 5. The van der Waals surface area contributed by atoms with Crippen molar-refractivity contribution < 1.29 is 9.47 Å². The van der Waals surface area contributed by atoms with Gasteiger partial charge in [-0.1, -0.05) is 123 Å². The van der Waals surface area contributed by atoms with E-state index in [0.717, 1.165) is 39.8 Å². The number of rotatable bonds is 2. The van der Waals surface area contributed by atoms with Gasteiger partial charge in [-0.05, 0) is 103 Å². The average molecular weight is 747 g/mol. The summed E-state index contributed by atoms with van der Waals surface area (Å²) < 4.78 is 13.6. The molecule has 13 rings (SSSR count). The number of hydrogen-bond acceptors (Lipinski definition) is 4. The van der Waals surface area contributed by atoms with Gasteiger partial charge in [0.2, 0.25) is 0 Å². The van der Waals surface area contributed by atoms with Crippen molar-refractivity contribution in [3.63, 3.8) is 0 Å². The van der Waals surface area contributed by atoms with Crippen molar-refractivity contribution in [2.75, 3.05) is 9.80 Å². The Bertz CT molecular complexity index is 2950. The standard InChI is InChI=1S/C51H35BN2O2Si/c1-51(2)34-18-14-23-40-48(34)52-49-35(51)30-33(31-43(49)56-42-25-15-24-41(55-40)50(42)52)54-38-21-8-12-28-46(38)57(47-29-13-9-22-39(47)54)44-26-10-6-19-36(44)53(32-16-4-3-5-17-32)37-20-7-11-27-45(37)57/h3-31H,1-2H3. The highest BCUT2D eigenvalue weighted by Gasteiger charge is 2.55. The van der Waals surface area contributed by atoms with Gasteiger partial charge < -0.3 is 19.3 Å². The fourth-order valence-corrected chi connectivity index (χ4v) is 16.6. The Morgan fingerprint density at radius 3 is 1.40 bits per heavy atom. The third-order valence-corrected chi connectivity index (χ3v) is 18.3. The van der Waals surface area contributed by atoms with Gasteiger partial charge >= 0.3 is 0 Å². The number of fused-ring (bicyclic) bond motifs is 8. The molecule has 8 aromatic carbocycles. The molecule has 0 saturated carbocycles. The summed E-state index contributed by atoms with van der Waals surface area (Å²) in [4.78, 5) is 4.99. The summed E-state index contributed by atoms with van der Waals surface area (Å²) in [5.74, 6) is 3.63. The molecule has 0 saturated heterocycles. The van der Waals surface area contributed by atoms with Gasteiger partial charge in [-0.3, -0.25) is 0 Å². The molecule has 0 radical (unpaired) electrons. The van der Waals surface area contributed by atoms with Crippen molar-refractivity contribution in [3.05, 3.63) is 187 Å². The highest BCUT2D eigenvalue weighted by atomic mass is 28.3. The lowest BCUT2D eigenvalue weighted by Gasteiger charge is -2.50. The van der Waals surface area contributed by atoms with Crippen LogP contribution in [-0.4, -0.2) is 14.8 Å². The molecule has 6 heteroatoms. The fraction of sp³-hybridized carbons (Fsp3) is 0.0588. The maximum atomic E-state index is 7.00. The molecule has 268 valence electrons. The Morgan fingerprint density at radius 1 is 0.404 bits per heavy atom. The zero-order valence-electron chi connectivity index (χ0n) is 31.5. The van der Waals surface area contributed by atoms with E-state index in [1.54, 1.807) is 0 Å². The summed E-state index contributed by atoms with van der Waals surface area (Å²) in [6.07, 6.45) is 0. The lowest BCUT2D eigenvalue weighted by molar-refractivity contribution is 0.460. The minimum Gasteiger partial charge on any atom is -0.458 e. The maximum absolute atomic E-state index is 7.00. The maximum Gasteiger partial charge on any atom is 0.261 e. The van der Waals surface area contributed by atoms with Gasteiger partial charge in [-0.2, -0.15) is 0 Å². The van der Waals surface area contributed by atoms with Crippen LogP contribution in [0, 0.1) is 0 Å². The molecule has 0 amide bonds. The number of hydrogen-bond donors (Lipinski definition) is 0. The Kier molecular flexibility index (Phi) is 6.05. The van der Waals surface area contributed by atoms with Crippen LogP contribution in [-0.2, 0) is 5.41 Å². The topological polar surface area (TPSA) is 24.9 Å². The van der Waals surface area contributed by atoms with Crippen LogP contribution in [0.25, 0.3) is 0 Å². The summed E-state index contributed by atoms with van der Waals surface area (Å²) in [5.41, 5.74) is 13.2. The van der Waals surface area contributed by atoms with Crippen LogP contribution in [0.5, 0.6) is 23.0 Å². The van der Waals surface area contributed by atoms with Gasteiger partial charge in [-0.25, -0.2) is 0 Å². The van der Waals surface area contributed by atoms with Gasteiger partial charge in [-0.15, -0.1) is 0 Å². The van der Waals surface area contributed by atoms with E-state index in [9.17, 15) is 0 Å². The predicted molar refractivity (Wildman–Crippen MR) is 236 cm³/mol. The van der Waals surface area contributed by atoms with Gasteiger partial charge in [0.25, 0.3) is 6.71 Å². The summed E-state index contributed by atoms with van der Waals surface area (Å²) >= 11 is 0. The molecule has 0 bridgehead atoms. The Balaban J connectivity index is 1.09. The van der Waals surface area contributed by atoms with Gasteiger partial charge in [0.05, 0.1) is 5.69 Å². The molecule has 57 heavy (non-hydrogen) atoms. The summed E-state index contributed by atoms with van der Waals surface area (Å²) in [6, 6.07) is 65.1. The number of ether oxygens (including phenoxy) is 2. The third kappa shape index (κ3) is 3.84. The third-order valence-electron chi connectivity index (χ3n) is 13.3. The lowest BCUT2D eigenvalue weighted by atomic mass is 9.30. The van der Waals surface area contributed by atoms with E-state index in [-0.39, 0.29) is 12.1 Å². The molecule has 8 aromatic rings. The molecular formula is C51H35BN2O2Si. The number of nitrogens with zero attached hydrogens (tertiary/aromatic N) is 2. The molecule has 5 aliphatic heterocycles. The highest BCUT2D eigenvalue weighted by molar-refractivity contribution is 7.23. The first-order valence-corrected chi connectivity index (χ1v) is 21.9. The molecule has 5 aliphatic rings. The normalized spacial score (nSPS) is 16.0. The Hall–Kier alpha value is -6.76. The zero-order valence-corrected chi connectivity index (χ0v) is 32.5. The van der Waals surface area contributed by atoms with E-state index < -0.39 is 8.07 Å². The van der Waals surface area contributed by atoms with Gasteiger partial charge in [0.1, 0.15) is 23.0 Å². The highest BCUT2D eigenvalue weighted by Crippen LogP contribution is 2.49. The number of anilines is 6. The molecule has 0 aromatic heterocycles. The van der Waals surface area contributed by atoms with E-state index >= 15 is 0 Å². The molecule has 0 atom stereocenters. The minimum atomic E-state index is -2.90. The van der Waals surface area contributed by atoms with Crippen LogP contribution in [0.4, 0.5) is 34.1 Å². The first kappa shape index (κ1) is 31.4. The molecule has 0 aliphatic carbocycles. The predicted octanol–water partition coefficient (Wildman–Crippen LogP) is 8.00. The molecule has 0 fully saturated rings. The molecule has 0 N–H and O–H groups in total. The van der Waals surface area contributed by atoms with Crippen molar-refractivity contribution in [1.82, 2.24) is 0 Å². The van der Waals surface area contributed by atoms with E-state index in [1.807, 2.05) is 6.07 Å². The molecule has 4 nitrogen and oxygen atoms in total. The molecule has 0 unspecified atom stereocenters. The first-order chi connectivity index (χ1) is 28.0. The summed E-state index contributed by atoms with van der Waals surface area (Å²) in [5, 5.41) is 5.57. The van der Waals surface area contributed by atoms with E-state index in [4.69, 9.17) is 9.47 Å². The van der Waals surface area contributed by atoms with E-state index in [2.05, 4.69) is 194 Å². The molecule has 5 heterocycles. The summed E-state index contributed by atoms with van der Waals surface area (Å²) in [6.45, 7) is 4.78. The van der Waals surface area contributed by atoms with Crippen molar-refractivity contribution in [3.8, 4) is 23.0 Å². The van der Waals surface area contributed by atoms with Gasteiger partial charge in [0.15, 0.2) is 8.07 Å². The second-order valence-electron chi connectivity index (χ2n) is 16.4. The van der Waals surface area contributed by atoms with Crippen molar-refractivity contribution in [2.45, 2.75) is 19.3 Å². The average Bonchev–Trinajstić information content (AvgIpc) is 3.25. The smallest absolute Gasteiger partial charge is 0.261 e. The van der Waals surface area contributed by atoms with Crippen molar-refractivity contribution in [1.29, 1.82) is 0 Å². The Morgan fingerprint density at radius 2 is 0.842 bits per heavy atom. The second-order valence-corrected chi connectivity index (χ2v) is 20.0. The van der Waals surface area contributed by atoms with Crippen LogP contribution in [0.2, 0.25) is 0 Å². The quantitative estimate of drug-likeness (QED) is 0.168. The van der Waals surface area contributed by atoms with Crippen LogP contribution < -0.4 is 56.4 Å². The van der Waals surface area contributed by atoms with Gasteiger partial charge in [0, 0.05) is 45.4 Å². The fourth-order valence-electron chi connectivity index (χ4n) is 11.1. The van der Waals surface area contributed by atoms with Crippen LogP contribution >= 0.6 is 0 Å². The van der Waals surface area contributed by atoms with E-state index in [0.29, 0.717) is 0 Å². The zero-order chi connectivity index (χ0) is 37.6. The lowest BCUT2D eigenvalue weighted by Crippen LogP contribution is -2.79. The molecule has 1 spiro atoms. The van der Waals surface area contributed by atoms with Crippen LogP contribution in [0.3, 0.4) is 0 Å². The van der Waals surface area contributed by atoms with Crippen LogP contribution in [0.1, 0.15) is 25.0 Å². The van der Waals surface area contributed by atoms with Crippen molar-refractivity contribution >= 4 is 86.0 Å². The first-order valence-electron chi connectivity index (χ1n) is 19.9. The number of benzene rings is 8. The minimum absolute atomic E-state index is 0.0522. The van der Waals surface area contributed by atoms with E-state index in [1.165, 1.54) is 65.5 Å².